The van der Waals surface area contributed by atoms with Gasteiger partial charge in [0.05, 0.1) is 23.5 Å². The van der Waals surface area contributed by atoms with Crippen LogP contribution in [0.1, 0.15) is 9.67 Å². The Labute approximate surface area is 123 Å². The predicted molar refractivity (Wildman–Crippen MR) is 80.1 cm³/mol. The maximum Gasteiger partial charge on any atom is 0.259 e. The second-order valence-corrected chi connectivity index (χ2v) is 5.22. The number of ether oxygens (including phenoxy) is 1. The molecule has 1 amide bonds. The second-order valence-electron chi connectivity index (χ2n) is 4.17. The molecule has 0 aliphatic carbocycles. The van der Waals surface area contributed by atoms with Crippen LogP contribution in [-0.2, 0) is 0 Å². The molecule has 0 spiro atoms. The van der Waals surface area contributed by atoms with Crippen LogP contribution in [0.2, 0.25) is 0 Å². The van der Waals surface area contributed by atoms with Crippen LogP contribution in [0, 0.1) is 0 Å². The fourth-order valence-electron chi connectivity index (χ4n) is 2.07. The molecule has 3 heterocycles. The van der Waals surface area contributed by atoms with E-state index in [9.17, 15) is 4.79 Å². The van der Waals surface area contributed by atoms with Crippen molar-refractivity contribution in [3.05, 3.63) is 29.4 Å². The number of fused-ring (bicyclic) bond motifs is 1. The van der Waals surface area contributed by atoms with Crippen LogP contribution in [0.4, 0.5) is 5.95 Å². The van der Waals surface area contributed by atoms with Gasteiger partial charge < -0.3 is 16.2 Å². The number of amides is 1. The van der Waals surface area contributed by atoms with Crippen molar-refractivity contribution < 1.29 is 9.53 Å². The van der Waals surface area contributed by atoms with Gasteiger partial charge in [-0.2, -0.15) is 0 Å². The van der Waals surface area contributed by atoms with E-state index < -0.39 is 5.91 Å². The van der Waals surface area contributed by atoms with Crippen molar-refractivity contribution in [3.63, 3.8) is 0 Å². The van der Waals surface area contributed by atoms with Crippen molar-refractivity contribution in [1.29, 1.82) is 0 Å². The molecule has 3 aromatic rings. The molecule has 4 N–H and O–H groups in total. The molecule has 0 saturated carbocycles. The number of pyridine rings is 1. The largest absolute Gasteiger partial charge is 0.481 e. The van der Waals surface area contributed by atoms with Crippen LogP contribution in [0.25, 0.3) is 21.3 Å². The van der Waals surface area contributed by atoms with Crippen LogP contribution in [0.5, 0.6) is 5.88 Å². The van der Waals surface area contributed by atoms with E-state index in [1.165, 1.54) is 18.4 Å². The lowest BCUT2D eigenvalue weighted by Crippen LogP contribution is -2.10. The molecule has 0 fully saturated rings. The summed E-state index contributed by atoms with van der Waals surface area (Å²) in [4.78, 5) is 24.4. The summed E-state index contributed by atoms with van der Waals surface area (Å²) in [6, 6.07) is 3.54. The Morgan fingerprint density at radius 1 is 1.38 bits per heavy atom. The number of methoxy groups -OCH3 is 1. The van der Waals surface area contributed by atoms with Gasteiger partial charge in [-0.1, -0.05) is 0 Å². The van der Waals surface area contributed by atoms with Gasteiger partial charge in [0.15, 0.2) is 0 Å². The molecule has 0 unspecified atom stereocenters. The van der Waals surface area contributed by atoms with E-state index in [4.69, 9.17) is 16.2 Å². The van der Waals surface area contributed by atoms with E-state index in [1.54, 1.807) is 24.5 Å². The van der Waals surface area contributed by atoms with E-state index in [-0.39, 0.29) is 5.95 Å². The maximum atomic E-state index is 11.7. The van der Waals surface area contributed by atoms with Crippen LogP contribution < -0.4 is 16.2 Å². The van der Waals surface area contributed by atoms with Crippen LogP contribution in [0.15, 0.2) is 24.5 Å². The summed E-state index contributed by atoms with van der Waals surface area (Å²) in [5, 5.41) is 0. The van der Waals surface area contributed by atoms with Gasteiger partial charge in [0, 0.05) is 17.3 Å². The van der Waals surface area contributed by atoms with Crippen LogP contribution in [-0.4, -0.2) is 28.0 Å². The number of thiophene rings is 1. The molecule has 21 heavy (non-hydrogen) atoms. The van der Waals surface area contributed by atoms with Crippen molar-refractivity contribution >= 4 is 33.4 Å². The molecule has 0 aliphatic rings. The van der Waals surface area contributed by atoms with Crippen molar-refractivity contribution in [2.24, 2.45) is 5.73 Å². The van der Waals surface area contributed by atoms with Gasteiger partial charge in [0.25, 0.3) is 5.91 Å². The topological polar surface area (TPSA) is 117 Å². The summed E-state index contributed by atoms with van der Waals surface area (Å²) >= 11 is 1.22. The molecule has 0 bridgehead atoms. The molecule has 8 heteroatoms. The molecular weight excluding hydrogens is 290 g/mol. The zero-order valence-corrected chi connectivity index (χ0v) is 11.8. The summed E-state index contributed by atoms with van der Waals surface area (Å²) in [7, 11) is 1.51. The summed E-state index contributed by atoms with van der Waals surface area (Å²) in [5.74, 6) is -0.0326. The Hall–Kier alpha value is -2.74. The summed E-state index contributed by atoms with van der Waals surface area (Å²) in [6.07, 6.45) is 3.17. The number of hydrogen-bond donors (Lipinski definition) is 2. The highest BCUT2D eigenvalue weighted by Crippen LogP contribution is 2.40. The number of carbonyl (C=O) groups excluding carboxylic acids is 1. The minimum atomic E-state index is -0.544. The predicted octanol–water partition coefficient (Wildman–Crippen LogP) is 1.44. The van der Waals surface area contributed by atoms with Gasteiger partial charge in [-0.05, 0) is 12.1 Å². The molecule has 3 rings (SSSR count). The molecule has 0 aromatic carbocycles. The van der Waals surface area contributed by atoms with Crippen LogP contribution >= 0.6 is 11.3 Å². The third-order valence-corrected chi connectivity index (χ3v) is 4.04. The first-order valence-electron chi connectivity index (χ1n) is 5.96. The highest BCUT2D eigenvalue weighted by atomic mass is 32.1. The number of primary amides is 1. The van der Waals surface area contributed by atoms with E-state index in [1.807, 2.05) is 0 Å². The number of nitrogens with two attached hydrogens (primary N) is 2. The molecule has 0 radical (unpaired) electrons. The summed E-state index contributed by atoms with van der Waals surface area (Å²) in [5.41, 5.74) is 12.9. The van der Waals surface area contributed by atoms with Crippen molar-refractivity contribution in [2.45, 2.75) is 0 Å². The number of aromatic nitrogens is 3. The third-order valence-electron chi connectivity index (χ3n) is 2.91. The number of carbonyl (C=O) groups is 1. The Bertz CT molecular complexity index is 846. The first-order chi connectivity index (χ1) is 10.1. The summed E-state index contributed by atoms with van der Waals surface area (Å²) in [6.45, 7) is 0. The minimum absolute atomic E-state index is 0.125. The van der Waals surface area contributed by atoms with Crippen molar-refractivity contribution in [3.8, 4) is 17.0 Å². The Kier molecular flexibility index (Phi) is 3.15. The number of nitrogen functional groups attached to an aromatic ring is 1. The van der Waals surface area contributed by atoms with Gasteiger partial charge in [-0.3, -0.25) is 4.79 Å². The zero-order chi connectivity index (χ0) is 15.0. The van der Waals surface area contributed by atoms with E-state index >= 15 is 0 Å². The Morgan fingerprint density at radius 2 is 2.19 bits per heavy atom. The lowest BCUT2D eigenvalue weighted by molar-refractivity contribution is 0.100. The second kappa shape index (κ2) is 4.98. The molecule has 3 aromatic heterocycles. The number of anilines is 1. The van der Waals surface area contributed by atoms with Gasteiger partial charge in [0.2, 0.25) is 11.8 Å². The average Bonchev–Trinajstić information content (AvgIpc) is 2.85. The lowest BCUT2D eigenvalue weighted by atomic mass is 10.1. The van der Waals surface area contributed by atoms with Crippen molar-refractivity contribution in [2.75, 3.05) is 12.8 Å². The smallest absolute Gasteiger partial charge is 0.259 e. The quantitative estimate of drug-likeness (QED) is 0.756. The molecule has 106 valence electrons. The molecule has 7 nitrogen and oxygen atoms in total. The average molecular weight is 301 g/mol. The monoisotopic (exact) mass is 301 g/mol. The third kappa shape index (κ3) is 2.15. The molecular formula is C13H11N5O2S. The highest BCUT2D eigenvalue weighted by Gasteiger charge is 2.22. The molecule has 0 atom stereocenters. The highest BCUT2D eigenvalue weighted by molar-refractivity contribution is 7.21. The SMILES string of the molecule is COc1ncccc1-c1c(C(N)=O)sc2cnc(N)nc12. The molecule has 0 saturated heterocycles. The fourth-order valence-corrected chi connectivity index (χ4v) is 3.05. The molecule has 0 aliphatic heterocycles. The minimum Gasteiger partial charge on any atom is -0.481 e. The fraction of sp³-hybridized carbons (Fsp3) is 0.0769. The number of hydrogen-bond acceptors (Lipinski definition) is 7. The standard InChI is InChI=1S/C13H11N5O2S/c1-20-12-6(3-2-4-16-12)8-9-7(5-17-13(15)18-9)21-10(8)11(14)19/h2-5H,1H3,(H2,14,19)(H2,15,17,18). The van der Waals surface area contributed by atoms with Crippen molar-refractivity contribution in [1.82, 2.24) is 15.0 Å². The van der Waals surface area contributed by atoms with Gasteiger partial charge in [0.1, 0.15) is 4.88 Å². The normalized spacial score (nSPS) is 10.7. The maximum absolute atomic E-state index is 11.7. The van der Waals surface area contributed by atoms with E-state index in [0.717, 1.165) is 4.70 Å². The Balaban J connectivity index is 2.41. The van der Waals surface area contributed by atoms with Crippen LogP contribution in [0.3, 0.4) is 0 Å². The zero-order valence-electron chi connectivity index (χ0n) is 11.0. The number of rotatable bonds is 3. The van der Waals surface area contributed by atoms with Gasteiger partial charge >= 0.3 is 0 Å². The first-order valence-corrected chi connectivity index (χ1v) is 6.77. The lowest BCUT2D eigenvalue weighted by Gasteiger charge is -2.07. The van der Waals surface area contributed by atoms with Gasteiger partial charge in [-0.25, -0.2) is 15.0 Å². The van der Waals surface area contributed by atoms with E-state index in [2.05, 4.69) is 15.0 Å². The van der Waals surface area contributed by atoms with Gasteiger partial charge in [-0.15, -0.1) is 11.3 Å². The Morgan fingerprint density at radius 3 is 2.90 bits per heavy atom. The first kappa shape index (κ1) is 13.3. The number of nitrogens with zero attached hydrogens (tertiary/aromatic N) is 3. The van der Waals surface area contributed by atoms with E-state index in [0.29, 0.717) is 27.4 Å². The summed E-state index contributed by atoms with van der Waals surface area (Å²) < 4.78 is 5.97.